The monoisotopic (exact) mass is 182 g/mol. The maximum Gasteiger partial charge on any atom is -0.0206 e. The van der Waals surface area contributed by atoms with Crippen molar-refractivity contribution in [2.24, 2.45) is 23.7 Å². The number of allylic oxidation sites excluding steroid dienone is 2. The molecule has 0 saturated heterocycles. The third-order valence-corrected chi connectivity index (χ3v) is 3.84. The van der Waals surface area contributed by atoms with Crippen LogP contribution in [0.5, 0.6) is 0 Å². The van der Waals surface area contributed by atoms with Gasteiger partial charge in [0, 0.05) is 0 Å². The van der Waals surface area contributed by atoms with Gasteiger partial charge >= 0.3 is 0 Å². The minimum atomic E-state index is 0.724. The van der Waals surface area contributed by atoms with E-state index >= 15 is 0 Å². The normalized spacial score (nSPS) is 20.2. The summed E-state index contributed by atoms with van der Waals surface area (Å²) in [5.74, 6) is 3.12. The van der Waals surface area contributed by atoms with Crippen LogP contribution in [0.4, 0.5) is 0 Å². The molecule has 0 rings (SSSR count). The zero-order valence-corrected chi connectivity index (χ0v) is 10.4. The first kappa shape index (κ1) is 12.7. The number of hydrogen-bond donors (Lipinski definition) is 0. The molecule has 0 aliphatic rings. The zero-order chi connectivity index (χ0) is 10.6. The molecule has 0 heterocycles. The second kappa shape index (κ2) is 5.47. The Balaban J connectivity index is 4.33. The van der Waals surface area contributed by atoms with Crippen molar-refractivity contribution in [1.29, 1.82) is 0 Å². The molecule has 0 amide bonds. The van der Waals surface area contributed by atoms with Crippen molar-refractivity contribution in [3.05, 3.63) is 11.6 Å². The van der Waals surface area contributed by atoms with E-state index in [-0.39, 0.29) is 0 Å². The van der Waals surface area contributed by atoms with Crippen LogP contribution in [0, 0.1) is 23.7 Å². The van der Waals surface area contributed by atoms with Crippen LogP contribution in [0.3, 0.4) is 0 Å². The largest absolute Gasteiger partial charge is 0.0885 e. The average molecular weight is 182 g/mol. The van der Waals surface area contributed by atoms with E-state index < -0.39 is 0 Å². The first-order valence-corrected chi connectivity index (χ1v) is 5.54. The van der Waals surface area contributed by atoms with E-state index in [1.807, 2.05) is 0 Å². The van der Waals surface area contributed by atoms with E-state index in [0.717, 1.165) is 23.7 Å². The Labute approximate surface area is 84.4 Å². The van der Waals surface area contributed by atoms with Crippen molar-refractivity contribution in [2.75, 3.05) is 0 Å². The van der Waals surface area contributed by atoms with Crippen molar-refractivity contribution in [1.82, 2.24) is 0 Å². The fourth-order valence-corrected chi connectivity index (χ4v) is 1.74. The quantitative estimate of drug-likeness (QED) is 0.561. The van der Waals surface area contributed by atoms with Crippen LogP contribution in [0.25, 0.3) is 0 Å². The second-order valence-electron chi connectivity index (χ2n) is 4.78. The van der Waals surface area contributed by atoms with Gasteiger partial charge in [-0.25, -0.2) is 0 Å². The van der Waals surface area contributed by atoms with Crippen LogP contribution >= 0.6 is 0 Å². The summed E-state index contributed by atoms with van der Waals surface area (Å²) in [5.41, 5.74) is 1.53. The van der Waals surface area contributed by atoms with Gasteiger partial charge in [-0.05, 0) is 37.5 Å². The lowest BCUT2D eigenvalue weighted by molar-refractivity contribution is 0.244. The Bertz CT molecular complexity index is 165. The Morgan fingerprint density at radius 2 is 1.38 bits per heavy atom. The molecule has 0 radical (unpaired) electrons. The predicted octanol–water partition coefficient (Wildman–Crippen LogP) is 4.52. The lowest BCUT2D eigenvalue weighted by atomic mass is 9.76. The summed E-state index contributed by atoms with van der Waals surface area (Å²) in [6.07, 6.45) is 2.24. The van der Waals surface area contributed by atoms with E-state index in [2.05, 4.69) is 54.5 Å². The molecule has 3 unspecified atom stereocenters. The van der Waals surface area contributed by atoms with Gasteiger partial charge in [-0.2, -0.15) is 0 Å². The fourth-order valence-electron chi connectivity index (χ4n) is 1.74. The highest BCUT2D eigenvalue weighted by molar-refractivity contribution is 5.02. The summed E-state index contributed by atoms with van der Waals surface area (Å²) in [4.78, 5) is 0. The van der Waals surface area contributed by atoms with Crippen molar-refractivity contribution < 1.29 is 0 Å². The van der Waals surface area contributed by atoms with Gasteiger partial charge in [0.2, 0.25) is 0 Å². The summed E-state index contributed by atoms with van der Waals surface area (Å²) in [6.45, 7) is 16.1. The highest BCUT2D eigenvalue weighted by Gasteiger charge is 2.21. The molecule has 0 aromatic rings. The van der Waals surface area contributed by atoms with Gasteiger partial charge in [-0.15, -0.1) is 0 Å². The smallest absolute Gasteiger partial charge is 0.0206 e. The lowest BCUT2D eigenvalue weighted by Crippen LogP contribution is -2.21. The SMILES string of the molecule is CC=C(C)C(C)C(C)C(C)C(C)C. The molecule has 0 N–H and O–H groups in total. The van der Waals surface area contributed by atoms with Crippen LogP contribution in [-0.2, 0) is 0 Å². The van der Waals surface area contributed by atoms with Crippen molar-refractivity contribution in [2.45, 2.75) is 48.5 Å². The molecule has 0 saturated carbocycles. The van der Waals surface area contributed by atoms with Crippen LogP contribution in [0.1, 0.15) is 48.5 Å². The fraction of sp³-hybridized carbons (Fsp3) is 0.846. The summed E-state index contributed by atoms with van der Waals surface area (Å²) >= 11 is 0. The van der Waals surface area contributed by atoms with Gasteiger partial charge in [0.05, 0.1) is 0 Å². The van der Waals surface area contributed by atoms with Gasteiger partial charge in [-0.3, -0.25) is 0 Å². The van der Waals surface area contributed by atoms with Crippen LogP contribution in [0.15, 0.2) is 11.6 Å². The Hall–Kier alpha value is -0.260. The van der Waals surface area contributed by atoms with Crippen molar-refractivity contribution in [3.63, 3.8) is 0 Å². The molecule has 0 aliphatic heterocycles. The van der Waals surface area contributed by atoms with Gasteiger partial charge in [0.1, 0.15) is 0 Å². The minimum absolute atomic E-state index is 0.724. The summed E-state index contributed by atoms with van der Waals surface area (Å²) in [7, 11) is 0. The predicted molar refractivity (Wildman–Crippen MR) is 61.8 cm³/mol. The topological polar surface area (TPSA) is 0 Å². The first-order valence-electron chi connectivity index (χ1n) is 5.54. The maximum absolute atomic E-state index is 2.38. The van der Waals surface area contributed by atoms with Crippen LogP contribution in [0.2, 0.25) is 0 Å². The molecule has 13 heavy (non-hydrogen) atoms. The van der Waals surface area contributed by atoms with Gasteiger partial charge < -0.3 is 0 Å². The highest BCUT2D eigenvalue weighted by Crippen LogP contribution is 2.30. The van der Waals surface area contributed by atoms with E-state index in [0.29, 0.717) is 0 Å². The highest BCUT2D eigenvalue weighted by atomic mass is 14.3. The van der Waals surface area contributed by atoms with Gasteiger partial charge in [0.15, 0.2) is 0 Å². The molecule has 0 fully saturated rings. The molecule has 0 heteroatoms. The summed E-state index contributed by atoms with van der Waals surface area (Å²) in [6, 6.07) is 0. The van der Waals surface area contributed by atoms with E-state index in [1.165, 1.54) is 5.57 Å². The minimum Gasteiger partial charge on any atom is -0.0885 e. The average Bonchev–Trinajstić information content (AvgIpc) is 2.12. The van der Waals surface area contributed by atoms with Crippen LogP contribution in [-0.4, -0.2) is 0 Å². The molecule has 0 spiro atoms. The third kappa shape index (κ3) is 3.54. The molecule has 3 atom stereocenters. The summed E-state index contributed by atoms with van der Waals surface area (Å²) in [5, 5.41) is 0. The van der Waals surface area contributed by atoms with Gasteiger partial charge in [-0.1, -0.05) is 46.3 Å². The zero-order valence-electron chi connectivity index (χ0n) is 10.4. The number of rotatable bonds is 4. The van der Waals surface area contributed by atoms with Crippen LogP contribution < -0.4 is 0 Å². The number of hydrogen-bond acceptors (Lipinski definition) is 0. The molecular formula is C13H26. The lowest BCUT2D eigenvalue weighted by Gasteiger charge is -2.29. The molecule has 0 aromatic carbocycles. The Kier molecular flexibility index (Phi) is 5.36. The van der Waals surface area contributed by atoms with E-state index in [1.54, 1.807) is 0 Å². The molecule has 0 aromatic heterocycles. The van der Waals surface area contributed by atoms with E-state index in [4.69, 9.17) is 0 Å². The molecule has 0 aliphatic carbocycles. The molecular weight excluding hydrogens is 156 g/mol. The van der Waals surface area contributed by atoms with E-state index in [9.17, 15) is 0 Å². The van der Waals surface area contributed by atoms with Gasteiger partial charge in [0.25, 0.3) is 0 Å². The Morgan fingerprint density at radius 1 is 0.923 bits per heavy atom. The molecule has 78 valence electrons. The standard InChI is InChI=1S/C13H26/c1-8-10(4)12(6)13(7)11(5)9(2)3/h8-9,11-13H,1-7H3. The third-order valence-electron chi connectivity index (χ3n) is 3.84. The molecule has 0 bridgehead atoms. The second-order valence-corrected chi connectivity index (χ2v) is 4.78. The first-order chi connectivity index (χ1) is 5.91. The maximum atomic E-state index is 2.38. The van der Waals surface area contributed by atoms with Crippen molar-refractivity contribution >= 4 is 0 Å². The Morgan fingerprint density at radius 3 is 1.69 bits per heavy atom. The molecule has 0 nitrogen and oxygen atoms in total. The summed E-state index contributed by atoms with van der Waals surface area (Å²) < 4.78 is 0. The van der Waals surface area contributed by atoms with Crippen molar-refractivity contribution in [3.8, 4) is 0 Å².